The van der Waals surface area contributed by atoms with E-state index in [0.717, 1.165) is 89.4 Å². The van der Waals surface area contributed by atoms with Gasteiger partial charge in [0.05, 0.1) is 55.3 Å². The summed E-state index contributed by atoms with van der Waals surface area (Å²) in [6, 6.07) is 67.1. The topological polar surface area (TPSA) is 56.1 Å². The first-order chi connectivity index (χ1) is 31.3. The summed E-state index contributed by atoms with van der Waals surface area (Å²) < 4.78 is 9.53. The molecule has 14 rings (SSSR count). The average Bonchev–Trinajstić information content (AvgIpc) is 3.84. The zero-order valence-electron chi connectivity index (χ0n) is 33.6. The first-order valence-electron chi connectivity index (χ1n) is 21.2. The molecular formula is C56H33N5OS. The third kappa shape index (κ3) is 4.71. The molecule has 294 valence electrons. The molecule has 0 saturated carbocycles. The first kappa shape index (κ1) is 34.7. The van der Waals surface area contributed by atoms with Crippen molar-refractivity contribution in [3.63, 3.8) is 0 Å². The summed E-state index contributed by atoms with van der Waals surface area (Å²) in [6.45, 7) is 0. The highest BCUT2D eigenvalue weighted by molar-refractivity contribution is 7.99. The van der Waals surface area contributed by atoms with Gasteiger partial charge in [0, 0.05) is 50.4 Å². The summed E-state index contributed by atoms with van der Waals surface area (Å²) in [5.41, 5.74) is 14.9. The van der Waals surface area contributed by atoms with E-state index in [0.29, 0.717) is 0 Å². The molecule has 3 aliphatic rings. The minimum Gasteiger partial charge on any atom is -0.452 e. The van der Waals surface area contributed by atoms with Crippen molar-refractivity contribution in [2.24, 2.45) is 0 Å². The van der Waals surface area contributed by atoms with Crippen LogP contribution in [-0.4, -0.2) is 19.5 Å². The molecule has 0 radical (unpaired) electrons. The predicted molar refractivity (Wildman–Crippen MR) is 253 cm³/mol. The molecule has 0 fully saturated rings. The van der Waals surface area contributed by atoms with E-state index in [4.69, 9.17) is 19.7 Å². The van der Waals surface area contributed by atoms with E-state index in [1.807, 2.05) is 18.5 Å². The maximum atomic E-state index is 7.15. The number of para-hydroxylation sites is 5. The number of fused-ring (bicyclic) bond motifs is 16. The van der Waals surface area contributed by atoms with E-state index in [1.54, 1.807) is 11.8 Å². The van der Waals surface area contributed by atoms with Crippen molar-refractivity contribution < 1.29 is 4.74 Å². The number of anilines is 3. The van der Waals surface area contributed by atoms with Gasteiger partial charge >= 0.3 is 0 Å². The second-order valence-corrected chi connectivity index (χ2v) is 17.4. The normalized spacial score (nSPS) is 15.4. The number of pyridine rings is 3. The van der Waals surface area contributed by atoms with E-state index >= 15 is 0 Å². The molecule has 2 aliphatic heterocycles. The molecule has 0 bridgehead atoms. The van der Waals surface area contributed by atoms with Crippen molar-refractivity contribution >= 4 is 61.5 Å². The Bertz CT molecular complexity index is 3690. The standard InChI is InChI=1S/C56H33N5OS/c1-4-22-45-37(17-1)38-18-2-5-23-46(38)60(45)35-15-10-16-36(33-35)61-47-24-6-7-25-49(47)62-54-48(61)30-28-43-55(54)63-50-26-8-3-20-40(50)56(43)41-21-12-32-58-52(41)53-42(56)27-29-44(59-53)39-19-9-13-34-14-11-31-57-51(34)39/h1-33H. The second-order valence-electron chi connectivity index (χ2n) is 16.3. The van der Waals surface area contributed by atoms with Gasteiger partial charge in [-0.1, -0.05) is 127 Å². The number of hydrogen-bond donors (Lipinski definition) is 0. The van der Waals surface area contributed by atoms with E-state index < -0.39 is 5.41 Å². The molecule has 63 heavy (non-hydrogen) atoms. The van der Waals surface area contributed by atoms with Crippen LogP contribution in [0.5, 0.6) is 11.5 Å². The lowest BCUT2D eigenvalue weighted by molar-refractivity contribution is 0.461. The fourth-order valence-electron chi connectivity index (χ4n) is 10.6. The SMILES string of the molecule is c1cc(N2c3ccccc3Oc3c2ccc2c3Sc3ccccc3C23c2cccnc2-c2nc(-c4cccc5cccnc45)ccc23)cc(-n2c3ccccc3c3ccccc32)c1. The highest BCUT2D eigenvalue weighted by Crippen LogP contribution is 2.65. The van der Waals surface area contributed by atoms with Crippen molar-refractivity contribution in [3.8, 4) is 39.8 Å². The third-order valence-electron chi connectivity index (χ3n) is 13.1. The maximum Gasteiger partial charge on any atom is 0.165 e. The van der Waals surface area contributed by atoms with Gasteiger partial charge in [0.25, 0.3) is 0 Å². The fraction of sp³-hybridized carbons (Fsp3) is 0.0179. The molecule has 11 aromatic rings. The Morgan fingerprint density at radius 2 is 1.21 bits per heavy atom. The van der Waals surface area contributed by atoms with Crippen molar-refractivity contribution in [2.45, 2.75) is 15.2 Å². The summed E-state index contributed by atoms with van der Waals surface area (Å²) in [5, 5.41) is 3.56. The van der Waals surface area contributed by atoms with Crippen molar-refractivity contribution in [1.82, 2.24) is 19.5 Å². The summed E-state index contributed by atoms with van der Waals surface area (Å²) in [4.78, 5) is 20.0. The Morgan fingerprint density at radius 1 is 0.508 bits per heavy atom. The molecule has 7 aromatic carbocycles. The number of aromatic nitrogens is 4. The molecular weight excluding hydrogens is 791 g/mol. The molecule has 1 spiro atoms. The highest BCUT2D eigenvalue weighted by Gasteiger charge is 2.53. The minimum absolute atomic E-state index is 0.699. The van der Waals surface area contributed by atoms with Gasteiger partial charge in [-0.25, -0.2) is 4.98 Å². The van der Waals surface area contributed by atoms with Crippen LogP contribution in [0.2, 0.25) is 0 Å². The molecule has 0 saturated heterocycles. The molecule has 1 atom stereocenters. The maximum absolute atomic E-state index is 7.15. The van der Waals surface area contributed by atoms with Gasteiger partial charge in [-0.15, -0.1) is 0 Å². The third-order valence-corrected chi connectivity index (χ3v) is 14.3. The summed E-state index contributed by atoms with van der Waals surface area (Å²) in [6.07, 6.45) is 3.74. The molecule has 1 unspecified atom stereocenters. The Morgan fingerprint density at radius 3 is 2.11 bits per heavy atom. The minimum atomic E-state index is -0.699. The predicted octanol–water partition coefficient (Wildman–Crippen LogP) is 14.2. The van der Waals surface area contributed by atoms with Crippen molar-refractivity contribution in [1.29, 1.82) is 0 Å². The molecule has 0 amide bonds. The Balaban J connectivity index is 0.994. The van der Waals surface area contributed by atoms with Crippen LogP contribution in [0.25, 0.3) is 61.0 Å². The van der Waals surface area contributed by atoms with Gasteiger partial charge in [0.1, 0.15) is 0 Å². The quantitative estimate of drug-likeness (QED) is 0.177. The second kappa shape index (κ2) is 13.0. The van der Waals surface area contributed by atoms with Crippen LogP contribution in [-0.2, 0) is 5.41 Å². The Labute approximate surface area is 366 Å². The number of hydrogen-bond acceptors (Lipinski definition) is 6. The number of benzene rings is 7. The highest BCUT2D eigenvalue weighted by atomic mass is 32.2. The lowest BCUT2D eigenvalue weighted by atomic mass is 9.67. The largest absolute Gasteiger partial charge is 0.452 e. The zero-order chi connectivity index (χ0) is 41.2. The summed E-state index contributed by atoms with van der Waals surface area (Å²) in [5.74, 6) is 1.63. The van der Waals surface area contributed by atoms with Crippen LogP contribution >= 0.6 is 11.8 Å². The Hall–Kier alpha value is -8.00. The number of rotatable bonds is 3. The van der Waals surface area contributed by atoms with E-state index in [1.165, 1.54) is 32.3 Å². The molecule has 6 nitrogen and oxygen atoms in total. The number of ether oxygens (including phenoxy) is 1. The molecule has 4 aromatic heterocycles. The first-order valence-corrected chi connectivity index (χ1v) is 22.0. The number of nitrogens with zero attached hydrogens (tertiary/aromatic N) is 5. The monoisotopic (exact) mass is 823 g/mol. The summed E-state index contributed by atoms with van der Waals surface area (Å²) >= 11 is 1.78. The smallest absolute Gasteiger partial charge is 0.165 e. The average molecular weight is 824 g/mol. The van der Waals surface area contributed by atoms with Crippen molar-refractivity contribution in [2.75, 3.05) is 4.90 Å². The van der Waals surface area contributed by atoms with Gasteiger partial charge in [-0.05, 0) is 95.1 Å². The van der Waals surface area contributed by atoms with Gasteiger partial charge in [-0.3, -0.25) is 9.97 Å². The lowest BCUT2D eigenvalue weighted by Crippen LogP contribution is -2.32. The zero-order valence-corrected chi connectivity index (χ0v) is 34.4. The molecule has 0 N–H and O–H groups in total. The fourth-order valence-corrected chi connectivity index (χ4v) is 11.9. The van der Waals surface area contributed by atoms with Gasteiger partial charge in [0.2, 0.25) is 0 Å². The van der Waals surface area contributed by atoms with E-state index in [2.05, 4.69) is 191 Å². The molecule has 1 aliphatic carbocycles. The summed E-state index contributed by atoms with van der Waals surface area (Å²) in [7, 11) is 0. The van der Waals surface area contributed by atoms with E-state index in [9.17, 15) is 0 Å². The van der Waals surface area contributed by atoms with E-state index in [-0.39, 0.29) is 0 Å². The molecule has 7 heteroatoms. The van der Waals surface area contributed by atoms with Crippen LogP contribution in [0.15, 0.2) is 210 Å². The van der Waals surface area contributed by atoms with Crippen LogP contribution < -0.4 is 9.64 Å². The van der Waals surface area contributed by atoms with Crippen LogP contribution in [0.1, 0.15) is 22.3 Å². The van der Waals surface area contributed by atoms with Gasteiger partial charge in [-0.2, -0.15) is 0 Å². The molecule has 6 heterocycles. The van der Waals surface area contributed by atoms with Crippen LogP contribution in [0.3, 0.4) is 0 Å². The lowest BCUT2D eigenvalue weighted by Gasteiger charge is -2.41. The van der Waals surface area contributed by atoms with Crippen LogP contribution in [0.4, 0.5) is 17.1 Å². The van der Waals surface area contributed by atoms with Crippen molar-refractivity contribution in [3.05, 3.63) is 223 Å². The van der Waals surface area contributed by atoms with Gasteiger partial charge in [0.15, 0.2) is 11.5 Å². The van der Waals surface area contributed by atoms with Gasteiger partial charge < -0.3 is 14.2 Å². The Kier molecular flexibility index (Phi) is 7.16. The van der Waals surface area contributed by atoms with Crippen LogP contribution in [0, 0.1) is 0 Å².